The van der Waals surface area contributed by atoms with Gasteiger partial charge in [-0.15, -0.1) is 5.56 Å². The van der Waals surface area contributed by atoms with E-state index in [0.29, 0.717) is 13.8 Å². The Morgan fingerprint density at radius 1 is 1.55 bits per heavy atom. The van der Waals surface area contributed by atoms with Crippen molar-refractivity contribution in [1.29, 1.82) is 0 Å². The molecule has 3 nitrogen and oxygen atoms in total. The quantitative estimate of drug-likeness (QED) is 0.559. The zero-order valence-electron chi connectivity index (χ0n) is 5.86. The summed E-state index contributed by atoms with van der Waals surface area (Å²) >= 11 is 0. The molecule has 11 heavy (non-hydrogen) atoms. The lowest BCUT2D eigenvalue weighted by Gasteiger charge is -2.17. The second kappa shape index (κ2) is 3.88. The Kier molecular flexibility index (Phi) is 3.09. The van der Waals surface area contributed by atoms with Gasteiger partial charge in [-0.2, -0.15) is 11.6 Å². The van der Waals surface area contributed by atoms with Gasteiger partial charge in [0, 0.05) is 0 Å². The molecule has 0 saturated carbocycles. The summed E-state index contributed by atoms with van der Waals surface area (Å²) in [5.41, 5.74) is 0.574. The van der Waals surface area contributed by atoms with Crippen molar-refractivity contribution in [2.24, 2.45) is 0 Å². The van der Waals surface area contributed by atoms with Gasteiger partial charge in [-0.25, -0.2) is 6.07 Å². The molecule has 1 aromatic rings. The molecule has 1 rings (SSSR count). The largest absolute Gasteiger partial charge is 0.394 e. The number of hydrogen-bond donors (Lipinski definition) is 3. The molecular weight excluding hydrogens is 163 g/mol. The Labute approximate surface area is 66.4 Å². The van der Waals surface area contributed by atoms with Crippen molar-refractivity contribution in [2.45, 2.75) is 12.2 Å². The lowest BCUT2D eigenvalue weighted by molar-refractivity contribution is -0.0151. The van der Waals surface area contributed by atoms with Crippen LogP contribution in [0.1, 0.15) is 11.7 Å². The maximum absolute atomic E-state index is 9.26. The first-order valence-electron chi connectivity index (χ1n) is 3.27. The van der Waals surface area contributed by atoms with Crippen molar-refractivity contribution in [1.82, 2.24) is 0 Å². The van der Waals surface area contributed by atoms with E-state index in [1.165, 1.54) is 0 Å². The molecule has 4 heteroatoms. The van der Waals surface area contributed by atoms with E-state index < -0.39 is 18.8 Å². The van der Waals surface area contributed by atoms with Crippen LogP contribution >= 0.6 is 8.19 Å². The van der Waals surface area contributed by atoms with Crippen LogP contribution in [-0.4, -0.2) is 28.0 Å². The normalized spacial score (nSPS) is 17.0. The third-order valence-electron chi connectivity index (χ3n) is 1.43. The molecule has 0 fully saturated rings. The molecule has 0 aliphatic heterocycles. The molecule has 3 unspecified atom stereocenters. The van der Waals surface area contributed by atoms with Crippen LogP contribution in [-0.2, 0) is 0 Å². The SMILES string of the molecule is OCC(O)C(O)c1[c-][pH]cc1. The Bertz CT molecular complexity index is 197. The highest BCUT2D eigenvalue weighted by Gasteiger charge is 2.12. The molecule has 0 spiro atoms. The zero-order valence-corrected chi connectivity index (χ0v) is 6.86. The molecule has 62 valence electrons. The molecule has 0 saturated heterocycles. The molecule has 0 aromatic carbocycles. The van der Waals surface area contributed by atoms with Crippen molar-refractivity contribution < 1.29 is 15.3 Å². The molecule has 1 aromatic heterocycles. The van der Waals surface area contributed by atoms with Crippen LogP contribution < -0.4 is 0 Å². The van der Waals surface area contributed by atoms with Crippen LogP contribution in [0.15, 0.2) is 11.9 Å². The number of aliphatic hydroxyl groups excluding tert-OH is 3. The van der Waals surface area contributed by atoms with Crippen molar-refractivity contribution in [3.05, 3.63) is 23.2 Å². The topological polar surface area (TPSA) is 60.7 Å². The molecule has 3 N–H and O–H groups in total. The predicted octanol–water partition coefficient (Wildman–Crippen LogP) is -0.0953. The Morgan fingerprint density at radius 3 is 2.73 bits per heavy atom. The zero-order chi connectivity index (χ0) is 8.27. The molecule has 0 aliphatic rings. The van der Waals surface area contributed by atoms with Gasteiger partial charge in [0.2, 0.25) is 0 Å². The lowest BCUT2D eigenvalue weighted by Crippen LogP contribution is -2.21. The lowest BCUT2D eigenvalue weighted by atomic mass is 10.1. The number of hydrogen-bond acceptors (Lipinski definition) is 3. The summed E-state index contributed by atoms with van der Waals surface area (Å²) in [7, 11) is 0.456. The fourth-order valence-electron chi connectivity index (χ4n) is 0.778. The third kappa shape index (κ3) is 2.04. The Morgan fingerprint density at radius 2 is 2.27 bits per heavy atom. The van der Waals surface area contributed by atoms with E-state index in [-0.39, 0.29) is 0 Å². The van der Waals surface area contributed by atoms with E-state index >= 15 is 0 Å². The summed E-state index contributed by atoms with van der Waals surface area (Å²) in [6.07, 6.45) is -2.09. The van der Waals surface area contributed by atoms with E-state index in [9.17, 15) is 5.11 Å². The fraction of sp³-hybridized carbons (Fsp3) is 0.429. The Balaban J connectivity index is 2.62. The minimum Gasteiger partial charge on any atom is -0.394 e. The summed E-state index contributed by atoms with van der Waals surface area (Å²) < 4.78 is 0. The van der Waals surface area contributed by atoms with E-state index in [2.05, 4.69) is 5.80 Å². The molecule has 0 bridgehead atoms. The summed E-state index contributed by atoms with van der Waals surface area (Å²) in [5, 5.41) is 26.7. The summed E-state index contributed by atoms with van der Waals surface area (Å²) in [6.45, 7) is -0.427. The van der Waals surface area contributed by atoms with Crippen molar-refractivity contribution in [2.75, 3.05) is 6.61 Å². The van der Waals surface area contributed by atoms with E-state index in [4.69, 9.17) is 10.2 Å². The van der Waals surface area contributed by atoms with Gasteiger partial charge in [0.25, 0.3) is 0 Å². The standard InChI is InChI=1S/C7H10O3P/c8-3-6(9)7(10)5-1-2-11-4-5/h1-2,6-11H,3H2/q-1. The molecule has 3 atom stereocenters. The van der Waals surface area contributed by atoms with Crippen LogP contribution in [0.2, 0.25) is 0 Å². The van der Waals surface area contributed by atoms with Crippen LogP contribution in [0.5, 0.6) is 0 Å². The molecule has 0 radical (unpaired) electrons. The van der Waals surface area contributed by atoms with Crippen LogP contribution in [0.25, 0.3) is 0 Å². The summed E-state index contributed by atoms with van der Waals surface area (Å²) in [5.74, 6) is 4.75. The minimum absolute atomic E-state index is 0.427. The first-order chi connectivity index (χ1) is 5.25. The highest BCUT2D eigenvalue weighted by atomic mass is 31.0. The van der Waals surface area contributed by atoms with Crippen LogP contribution in [0.4, 0.5) is 0 Å². The van der Waals surface area contributed by atoms with E-state index in [0.717, 1.165) is 0 Å². The van der Waals surface area contributed by atoms with Gasteiger partial charge in [0.15, 0.2) is 0 Å². The van der Waals surface area contributed by atoms with Crippen LogP contribution in [0, 0.1) is 5.80 Å². The molecule has 1 heterocycles. The average Bonchev–Trinajstić information content (AvgIpc) is 2.53. The monoisotopic (exact) mass is 173 g/mol. The first-order valence-corrected chi connectivity index (χ1v) is 4.35. The van der Waals surface area contributed by atoms with Crippen molar-refractivity contribution in [3.63, 3.8) is 0 Å². The van der Waals surface area contributed by atoms with Crippen molar-refractivity contribution in [3.8, 4) is 0 Å². The predicted molar refractivity (Wildman–Crippen MR) is 42.8 cm³/mol. The highest BCUT2D eigenvalue weighted by molar-refractivity contribution is 7.28. The van der Waals surface area contributed by atoms with E-state index in [1.54, 1.807) is 6.07 Å². The Hall–Kier alpha value is -0.340. The number of aliphatic hydroxyl groups is 3. The first kappa shape index (κ1) is 8.75. The van der Waals surface area contributed by atoms with Crippen molar-refractivity contribution >= 4 is 8.19 Å². The second-order valence-corrected chi connectivity index (χ2v) is 3.12. The van der Waals surface area contributed by atoms with Gasteiger partial charge in [0.05, 0.1) is 12.7 Å². The summed E-state index contributed by atoms with van der Waals surface area (Å²) in [4.78, 5) is 0. The van der Waals surface area contributed by atoms with Gasteiger partial charge in [-0.3, -0.25) is 8.19 Å². The highest BCUT2D eigenvalue weighted by Crippen LogP contribution is 2.20. The van der Waals surface area contributed by atoms with Gasteiger partial charge < -0.3 is 15.3 Å². The van der Waals surface area contributed by atoms with Gasteiger partial charge in [-0.1, -0.05) is 0 Å². The van der Waals surface area contributed by atoms with E-state index in [1.807, 2.05) is 5.80 Å². The maximum Gasteiger partial charge on any atom is 0.105 e. The molecule has 0 aliphatic carbocycles. The average molecular weight is 173 g/mol. The second-order valence-electron chi connectivity index (χ2n) is 2.25. The van der Waals surface area contributed by atoms with Gasteiger partial charge in [0.1, 0.15) is 6.10 Å². The summed E-state index contributed by atoms with van der Waals surface area (Å²) in [6, 6.07) is 1.71. The minimum atomic E-state index is -1.09. The van der Waals surface area contributed by atoms with Gasteiger partial charge in [-0.05, 0) is 0 Å². The van der Waals surface area contributed by atoms with Gasteiger partial charge >= 0.3 is 0 Å². The number of rotatable bonds is 3. The molecule has 0 amide bonds. The maximum atomic E-state index is 9.26. The molecular formula is C7H10O3P-. The third-order valence-corrected chi connectivity index (χ3v) is 2.20. The smallest absolute Gasteiger partial charge is 0.105 e. The fourth-order valence-corrected chi connectivity index (χ4v) is 1.52. The van der Waals surface area contributed by atoms with Crippen LogP contribution in [0.3, 0.4) is 0 Å².